The smallest absolute Gasteiger partial charge is 0.138 e. The van der Waals surface area contributed by atoms with Crippen LogP contribution in [0.1, 0.15) is 19.4 Å². The van der Waals surface area contributed by atoms with Gasteiger partial charge in [-0.05, 0) is 26.0 Å². The van der Waals surface area contributed by atoms with Crippen LogP contribution in [0.25, 0.3) is 0 Å². The molecule has 0 amide bonds. The lowest BCUT2D eigenvalue weighted by atomic mass is 10.1. The maximum atomic E-state index is 13.7. The van der Waals surface area contributed by atoms with E-state index in [1.54, 1.807) is 4.90 Å². The number of benzene rings is 1. The number of hydrogen-bond donors (Lipinski definition) is 2. The lowest BCUT2D eigenvalue weighted by Gasteiger charge is -2.30. The van der Waals surface area contributed by atoms with Crippen LogP contribution >= 0.6 is 24.0 Å². The molecule has 1 aliphatic rings. The number of hydrogen-bond acceptors (Lipinski definition) is 4. The molecule has 2 N–H and O–H groups in total. The molecule has 2 rings (SSSR count). The summed E-state index contributed by atoms with van der Waals surface area (Å²) >= 11 is 6.60. The highest BCUT2D eigenvalue weighted by molar-refractivity contribution is 8.24. The maximum absolute atomic E-state index is 13.7. The van der Waals surface area contributed by atoms with Gasteiger partial charge < -0.3 is 10.1 Å². The number of thioether (sulfide) groups is 1. The Labute approximate surface area is 119 Å². The SMILES string of the molecule is CC1(C)SC(=S)N(Cc2c(F)cccc2F)[C@@H]1NO. The predicted molar refractivity (Wildman–Crippen MR) is 74.9 cm³/mol. The number of hydroxylamine groups is 1. The summed E-state index contributed by atoms with van der Waals surface area (Å²) in [5, 5.41) is 9.25. The summed E-state index contributed by atoms with van der Waals surface area (Å²) in [6.45, 7) is 3.77. The van der Waals surface area contributed by atoms with Gasteiger partial charge in [-0.2, -0.15) is 5.48 Å². The zero-order valence-electron chi connectivity index (χ0n) is 10.5. The predicted octanol–water partition coefficient (Wildman–Crippen LogP) is 2.88. The molecule has 1 aliphatic heterocycles. The van der Waals surface area contributed by atoms with E-state index in [1.165, 1.54) is 30.0 Å². The van der Waals surface area contributed by atoms with E-state index < -0.39 is 17.8 Å². The molecular weight excluding hydrogens is 290 g/mol. The van der Waals surface area contributed by atoms with Crippen LogP contribution in [-0.2, 0) is 6.54 Å². The first-order valence-electron chi connectivity index (χ1n) is 5.69. The van der Waals surface area contributed by atoms with Crippen LogP contribution in [0.15, 0.2) is 18.2 Å². The van der Waals surface area contributed by atoms with Gasteiger partial charge >= 0.3 is 0 Å². The monoisotopic (exact) mass is 304 g/mol. The number of nitrogens with one attached hydrogen (secondary N) is 1. The number of nitrogens with zero attached hydrogens (tertiary/aromatic N) is 1. The largest absolute Gasteiger partial charge is 0.334 e. The summed E-state index contributed by atoms with van der Waals surface area (Å²) in [6, 6.07) is 3.73. The second-order valence-electron chi connectivity index (χ2n) is 4.83. The van der Waals surface area contributed by atoms with Gasteiger partial charge in [0, 0.05) is 5.56 Å². The summed E-state index contributed by atoms with van der Waals surface area (Å²) in [5.74, 6) is -1.23. The van der Waals surface area contributed by atoms with Gasteiger partial charge in [0.2, 0.25) is 0 Å². The first-order chi connectivity index (χ1) is 8.86. The Kier molecular flexibility index (Phi) is 4.10. The van der Waals surface area contributed by atoms with E-state index in [4.69, 9.17) is 12.2 Å². The Hall–Kier alpha value is -0.760. The zero-order chi connectivity index (χ0) is 14.2. The molecule has 19 heavy (non-hydrogen) atoms. The maximum Gasteiger partial charge on any atom is 0.138 e. The molecule has 7 heteroatoms. The molecule has 1 heterocycles. The van der Waals surface area contributed by atoms with Gasteiger partial charge in [0.25, 0.3) is 0 Å². The van der Waals surface area contributed by atoms with Gasteiger partial charge in [-0.15, -0.1) is 0 Å². The highest BCUT2D eigenvalue weighted by Gasteiger charge is 2.44. The van der Waals surface area contributed by atoms with Crippen molar-refractivity contribution in [1.82, 2.24) is 10.4 Å². The fourth-order valence-electron chi connectivity index (χ4n) is 2.05. The first-order valence-corrected chi connectivity index (χ1v) is 6.91. The van der Waals surface area contributed by atoms with Gasteiger partial charge in [-0.3, -0.25) is 0 Å². The van der Waals surface area contributed by atoms with Crippen LogP contribution in [0.4, 0.5) is 8.78 Å². The minimum atomic E-state index is -0.616. The van der Waals surface area contributed by atoms with E-state index in [1.807, 2.05) is 13.8 Å². The Morgan fingerprint density at radius 1 is 1.42 bits per heavy atom. The van der Waals surface area contributed by atoms with Gasteiger partial charge in [-0.25, -0.2) is 8.78 Å². The zero-order valence-corrected chi connectivity index (χ0v) is 12.1. The Balaban J connectivity index is 2.30. The highest BCUT2D eigenvalue weighted by atomic mass is 32.2. The Morgan fingerprint density at radius 3 is 2.53 bits per heavy atom. The molecule has 1 aromatic carbocycles. The molecule has 0 radical (unpaired) electrons. The standard InChI is InChI=1S/C12H14F2N2OS2/c1-12(2)10(15-17)16(11(18)19-12)6-7-8(13)4-3-5-9(7)14/h3-5,10,15,17H,6H2,1-2H3/t10-/m0/s1. The molecule has 0 unspecified atom stereocenters. The third-order valence-electron chi connectivity index (χ3n) is 3.07. The van der Waals surface area contributed by atoms with Gasteiger partial charge in [0.05, 0.1) is 11.3 Å². The normalized spacial score (nSPS) is 22.1. The molecule has 104 valence electrons. The van der Waals surface area contributed by atoms with E-state index in [0.717, 1.165) is 0 Å². The van der Waals surface area contributed by atoms with Crippen LogP contribution in [0.5, 0.6) is 0 Å². The number of rotatable bonds is 3. The van der Waals surface area contributed by atoms with Crippen LogP contribution in [0.2, 0.25) is 0 Å². The van der Waals surface area contributed by atoms with E-state index >= 15 is 0 Å². The lowest BCUT2D eigenvalue weighted by molar-refractivity contribution is 0.0535. The summed E-state index contributed by atoms with van der Waals surface area (Å²) in [6.07, 6.45) is -0.496. The number of thiocarbonyl (C=S) groups is 1. The average molecular weight is 304 g/mol. The minimum Gasteiger partial charge on any atom is -0.334 e. The highest BCUT2D eigenvalue weighted by Crippen LogP contribution is 2.40. The second kappa shape index (κ2) is 5.32. The van der Waals surface area contributed by atoms with E-state index in [2.05, 4.69) is 5.48 Å². The lowest BCUT2D eigenvalue weighted by Crippen LogP contribution is -2.49. The van der Waals surface area contributed by atoms with Crippen molar-refractivity contribution < 1.29 is 14.0 Å². The fourth-order valence-corrected chi connectivity index (χ4v) is 3.90. The molecule has 3 nitrogen and oxygen atoms in total. The van der Waals surface area contributed by atoms with E-state index in [0.29, 0.717) is 4.32 Å². The molecule has 0 aliphatic carbocycles. The molecular formula is C12H14F2N2OS2. The van der Waals surface area contributed by atoms with Crippen LogP contribution < -0.4 is 5.48 Å². The van der Waals surface area contributed by atoms with Crippen molar-refractivity contribution in [3.63, 3.8) is 0 Å². The molecule has 0 bridgehead atoms. The molecule has 1 saturated heterocycles. The topological polar surface area (TPSA) is 35.5 Å². The van der Waals surface area contributed by atoms with E-state index in [-0.39, 0.29) is 16.9 Å². The molecule has 0 spiro atoms. The quantitative estimate of drug-likeness (QED) is 0.663. The van der Waals surface area contributed by atoms with Crippen LogP contribution in [0, 0.1) is 11.6 Å². The van der Waals surface area contributed by atoms with Crippen LogP contribution in [-0.4, -0.2) is 25.3 Å². The van der Waals surface area contributed by atoms with Crippen molar-refractivity contribution in [2.24, 2.45) is 0 Å². The Morgan fingerprint density at radius 2 is 2.00 bits per heavy atom. The van der Waals surface area contributed by atoms with Crippen molar-refractivity contribution in [2.75, 3.05) is 0 Å². The fraction of sp³-hybridized carbons (Fsp3) is 0.417. The van der Waals surface area contributed by atoms with Crippen molar-refractivity contribution >= 4 is 28.3 Å². The first kappa shape index (κ1) is 14.6. The van der Waals surface area contributed by atoms with Crippen molar-refractivity contribution in [3.05, 3.63) is 35.4 Å². The molecule has 1 aromatic rings. The molecule has 1 atom stereocenters. The van der Waals surface area contributed by atoms with Gasteiger partial charge in [0.15, 0.2) is 0 Å². The van der Waals surface area contributed by atoms with Gasteiger partial charge in [0.1, 0.15) is 22.1 Å². The van der Waals surface area contributed by atoms with Gasteiger partial charge in [-0.1, -0.05) is 30.0 Å². The summed E-state index contributed by atoms with van der Waals surface area (Å²) in [7, 11) is 0. The average Bonchev–Trinajstić information content (AvgIpc) is 2.52. The third kappa shape index (κ3) is 2.74. The third-order valence-corrected chi connectivity index (χ3v) is 4.71. The van der Waals surface area contributed by atoms with E-state index in [9.17, 15) is 14.0 Å². The minimum absolute atomic E-state index is 0.0218. The number of halogens is 2. The summed E-state index contributed by atoms with van der Waals surface area (Å²) < 4.78 is 27.4. The van der Waals surface area contributed by atoms with Crippen molar-refractivity contribution in [3.8, 4) is 0 Å². The second-order valence-corrected chi connectivity index (χ2v) is 7.12. The molecule has 0 saturated carbocycles. The molecule has 0 aromatic heterocycles. The van der Waals surface area contributed by atoms with Crippen LogP contribution in [0.3, 0.4) is 0 Å². The van der Waals surface area contributed by atoms with Crippen molar-refractivity contribution in [2.45, 2.75) is 31.3 Å². The summed E-state index contributed by atoms with van der Waals surface area (Å²) in [4.78, 5) is 1.58. The molecule has 1 fully saturated rings. The van der Waals surface area contributed by atoms with Crippen molar-refractivity contribution in [1.29, 1.82) is 0 Å². The summed E-state index contributed by atoms with van der Waals surface area (Å²) in [5.41, 5.74) is 2.11. The Bertz CT molecular complexity index is 490.